The molecule has 7 nitrogen and oxygen atoms in total. The highest BCUT2D eigenvalue weighted by Gasteiger charge is 2.18. The van der Waals surface area contributed by atoms with Gasteiger partial charge in [-0.15, -0.1) is 0 Å². The minimum absolute atomic E-state index is 0.00420. The maximum Gasteiger partial charge on any atom is 0.270 e. The highest BCUT2D eigenvalue weighted by atomic mass is 32.2. The molecule has 1 aliphatic heterocycles. The first kappa shape index (κ1) is 20.4. The van der Waals surface area contributed by atoms with Gasteiger partial charge in [0.05, 0.1) is 0 Å². The second-order valence-corrected chi connectivity index (χ2v) is 7.33. The van der Waals surface area contributed by atoms with Gasteiger partial charge in [0.25, 0.3) is 5.56 Å². The van der Waals surface area contributed by atoms with Gasteiger partial charge in [0, 0.05) is 38.3 Å². The number of para-hydroxylation sites is 1. The summed E-state index contributed by atoms with van der Waals surface area (Å²) in [6.45, 7) is 8.95. The van der Waals surface area contributed by atoms with Gasteiger partial charge in [-0.2, -0.15) is 5.26 Å². The Bertz CT molecular complexity index is 900. The first-order valence-corrected chi connectivity index (χ1v) is 10.6. The largest absolute Gasteiger partial charge is 0.492 e. The Morgan fingerprint density at radius 2 is 1.96 bits per heavy atom. The number of hydrogen-bond donors (Lipinski definition) is 1. The third-order valence-corrected chi connectivity index (χ3v) is 5.50. The first-order chi connectivity index (χ1) is 13.7. The zero-order valence-electron chi connectivity index (χ0n) is 16.3. The molecule has 1 saturated heterocycles. The van der Waals surface area contributed by atoms with Gasteiger partial charge in [0.15, 0.2) is 5.16 Å². The number of aromatic amines is 1. The standard InChI is InChI=1S/C20H25N5O2S/c1-3-24-8-10-25(11-9-24)12-13-27-17-7-5-4-6-15(17)18-16(14-21)19(26)23-20(22-18)28-2/h4-7H,3,8-13H2,1-2H3,(H,22,23,26). The Kier molecular flexibility index (Phi) is 7.09. The molecular weight excluding hydrogens is 374 g/mol. The molecule has 3 rings (SSSR count). The van der Waals surface area contributed by atoms with Crippen molar-refractivity contribution in [2.24, 2.45) is 0 Å². The van der Waals surface area contributed by atoms with E-state index in [-0.39, 0.29) is 5.56 Å². The second kappa shape index (κ2) is 9.73. The van der Waals surface area contributed by atoms with Crippen molar-refractivity contribution in [1.29, 1.82) is 5.26 Å². The summed E-state index contributed by atoms with van der Waals surface area (Å²) < 4.78 is 6.04. The van der Waals surface area contributed by atoms with Crippen LogP contribution in [0.25, 0.3) is 11.3 Å². The zero-order chi connectivity index (χ0) is 19.9. The van der Waals surface area contributed by atoms with Crippen molar-refractivity contribution in [1.82, 2.24) is 19.8 Å². The number of aromatic nitrogens is 2. The van der Waals surface area contributed by atoms with Gasteiger partial charge in [-0.3, -0.25) is 9.69 Å². The summed E-state index contributed by atoms with van der Waals surface area (Å²) in [7, 11) is 0. The normalized spacial score (nSPS) is 15.3. The lowest BCUT2D eigenvalue weighted by Gasteiger charge is -2.33. The number of H-pyrrole nitrogens is 1. The van der Waals surface area contributed by atoms with Crippen LogP contribution in [0.1, 0.15) is 12.5 Å². The molecule has 0 radical (unpaired) electrons. The van der Waals surface area contributed by atoms with Crippen LogP contribution in [0.4, 0.5) is 0 Å². The Hall–Kier alpha value is -2.34. The van der Waals surface area contributed by atoms with E-state index in [9.17, 15) is 10.1 Å². The SMILES string of the molecule is CCN1CCN(CCOc2ccccc2-c2nc(SC)[nH]c(=O)c2C#N)CC1. The predicted molar refractivity (Wildman–Crippen MR) is 111 cm³/mol. The van der Waals surface area contributed by atoms with Crippen LogP contribution in [0.3, 0.4) is 0 Å². The highest BCUT2D eigenvalue weighted by molar-refractivity contribution is 7.98. The molecule has 0 unspecified atom stereocenters. The van der Waals surface area contributed by atoms with Crippen LogP contribution < -0.4 is 10.3 Å². The fraction of sp³-hybridized carbons (Fsp3) is 0.450. The molecule has 1 aliphatic rings. The lowest BCUT2D eigenvalue weighted by atomic mass is 10.1. The van der Waals surface area contributed by atoms with Crippen LogP contribution >= 0.6 is 11.8 Å². The quantitative estimate of drug-likeness (QED) is 0.563. The number of hydrogen-bond acceptors (Lipinski definition) is 7. The number of likely N-dealkylation sites (N-methyl/N-ethyl adjacent to an activating group) is 1. The number of nitrogens with zero attached hydrogens (tertiary/aromatic N) is 4. The van der Waals surface area contributed by atoms with E-state index in [0.29, 0.717) is 28.8 Å². The molecule has 0 spiro atoms. The molecule has 148 valence electrons. The molecule has 0 aliphatic carbocycles. The first-order valence-electron chi connectivity index (χ1n) is 9.41. The smallest absolute Gasteiger partial charge is 0.270 e. The number of nitriles is 1. The van der Waals surface area contributed by atoms with Crippen molar-refractivity contribution in [3.8, 4) is 23.1 Å². The molecule has 1 fully saturated rings. The lowest BCUT2D eigenvalue weighted by Crippen LogP contribution is -2.47. The number of nitrogens with one attached hydrogen (secondary N) is 1. The van der Waals surface area contributed by atoms with Crippen LogP contribution in [0.5, 0.6) is 5.75 Å². The molecule has 1 aromatic carbocycles. The van der Waals surface area contributed by atoms with Gasteiger partial charge < -0.3 is 14.6 Å². The number of piperazine rings is 1. The van der Waals surface area contributed by atoms with Crippen LogP contribution in [0.2, 0.25) is 0 Å². The molecule has 28 heavy (non-hydrogen) atoms. The molecule has 0 saturated carbocycles. The molecule has 0 atom stereocenters. The van der Waals surface area contributed by atoms with Crippen LogP contribution in [-0.4, -0.2) is 71.9 Å². The van der Waals surface area contributed by atoms with Crippen molar-refractivity contribution < 1.29 is 4.74 Å². The highest BCUT2D eigenvalue weighted by Crippen LogP contribution is 2.30. The van der Waals surface area contributed by atoms with E-state index >= 15 is 0 Å². The third kappa shape index (κ3) is 4.73. The monoisotopic (exact) mass is 399 g/mol. The molecule has 0 amide bonds. The lowest BCUT2D eigenvalue weighted by molar-refractivity contribution is 0.121. The summed E-state index contributed by atoms with van der Waals surface area (Å²) in [5.41, 5.74) is 0.601. The van der Waals surface area contributed by atoms with E-state index in [4.69, 9.17) is 4.74 Å². The van der Waals surface area contributed by atoms with Crippen LogP contribution in [-0.2, 0) is 0 Å². The summed E-state index contributed by atoms with van der Waals surface area (Å²) in [4.78, 5) is 24.1. The Labute approximate surface area is 169 Å². The molecule has 1 aromatic heterocycles. The molecule has 8 heteroatoms. The van der Waals surface area contributed by atoms with Gasteiger partial charge >= 0.3 is 0 Å². The second-order valence-electron chi connectivity index (χ2n) is 6.53. The average Bonchev–Trinajstić information content (AvgIpc) is 2.74. The number of rotatable bonds is 7. The fourth-order valence-corrected chi connectivity index (χ4v) is 3.63. The predicted octanol–water partition coefficient (Wildman–Crippen LogP) is 2.05. The average molecular weight is 400 g/mol. The minimum Gasteiger partial charge on any atom is -0.492 e. The van der Waals surface area contributed by atoms with Crippen molar-refractivity contribution in [2.75, 3.05) is 52.1 Å². The Morgan fingerprint density at radius 3 is 2.64 bits per heavy atom. The van der Waals surface area contributed by atoms with Crippen LogP contribution in [0.15, 0.2) is 34.2 Å². The van der Waals surface area contributed by atoms with Crippen molar-refractivity contribution >= 4 is 11.8 Å². The maximum atomic E-state index is 12.2. The number of benzene rings is 1. The molecule has 2 aromatic rings. The number of thioether (sulfide) groups is 1. The summed E-state index contributed by atoms with van der Waals surface area (Å²) in [5.74, 6) is 0.636. The molecular formula is C20H25N5O2S. The van der Waals surface area contributed by atoms with Crippen molar-refractivity contribution in [3.63, 3.8) is 0 Å². The van der Waals surface area contributed by atoms with Crippen molar-refractivity contribution in [3.05, 3.63) is 40.2 Å². The van der Waals surface area contributed by atoms with Gasteiger partial charge in [-0.25, -0.2) is 4.98 Å². The van der Waals surface area contributed by atoms with Gasteiger partial charge in [0.1, 0.15) is 29.7 Å². The minimum atomic E-state index is -0.430. The van der Waals surface area contributed by atoms with Gasteiger partial charge in [-0.1, -0.05) is 30.8 Å². The Morgan fingerprint density at radius 1 is 1.25 bits per heavy atom. The maximum absolute atomic E-state index is 12.2. The molecule has 1 N–H and O–H groups in total. The molecule has 2 heterocycles. The summed E-state index contributed by atoms with van der Waals surface area (Å²) in [6.07, 6.45) is 1.83. The van der Waals surface area contributed by atoms with Crippen LogP contribution in [0, 0.1) is 11.3 Å². The number of ether oxygens (including phenoxy) is 1. The van der Waals surface area contributed by atoms with Gasteiger partial charge in [0.2, 0.25) is 0 Å². The van der Waals surface area contributed by atoms with Gasteiger partial charge in [-0.05, 0) is 24.9 Å². The summed E-state index contributed by atoms with van der Waals surface area (Å²) in [6, 6.07) is 9.40. The summed E-state index contributed by atoms with van der Waals surface area (Å²) >= 11 is 1.33. The topological polar surface area (TPSA) is 85.2 Å². The van der Waals surface area contributed by atoms with E-state index < -0.39 is 5.56 Å². The summed E-state index contributed by atoms with van der Waals surface area (Å²) in [5, 5.41) is 9.91. The van der Waals surface area contributed by atoms with E-state index in [2.05, 4.69) is 26.7 Å². The van der Waals surface area contributed by atoms with Crippen molar-refractivity contribution in [2.45, 2.75) is 12.1 Å². The third-order valence-electron chi connectivity index (χ3n) is 4.92. The van der Waals surface area contributed by atoms with E-state index in [1.165, 1.54) is 11.8 Å². The fourth-order valence-electron chi connectivity index (χ4n) is 3.25. The van der Waals surface area contributed by atoms with E-state index in [0.717, 1.165) is 39.3 Å². The Balaban J connectivity index is 1.75. The van der Waals surface area contributed by atoms with E-state index in [1.807, 2.05) is 36.6 Å². The molecule has 0 bridgehead atoms. The van der Waals surface area contributed by atoms with E-state index in [1.54, 1.807) is 0 Å². The zero-order valence-corrected chi connectivity index (χ0v) is 17.1.